The molecule has 0 spiro atoms. The van der Waals surface area contributed by atoms with E-state index >= 15 is 0 Å². The number of fused-ring (bicyclic) bond motifs is 3. The minimum absolute atomic E-state index is 0.129. The van der Waals surface area contributed by atoms with Crippen molar-refractivity contribution in [2.24, 2.45) is 12.0 Å². The van der Waals surface area contributed by atoms with E-state index in [0.29, 0.717) is 51.7 Å². The van der Waals surface area contributed by atoms with Gasteiger partial charge in [0.1, 0.15) is 11.3 Å². The number of amides is 1. The van der Waals surface area contributed by atoms with E-state index in [-0.39, 0.29) is 11.7 Å². The number of phenols is 1. The molecule has 10 heteroatoms. The van der Waals surface area contributed by atoms with Crippen molar-refractivity contribution in [1.29, 1.82) is 0 Å². The summed E-state index contributed by atoms with van der Waals surface area (Å²) in [6.45, 7) is 4.33. The van der Waals surface area contributed by atoms with Crippen molar-refractivity contribution >= 4 is 51.9 Å². The van der Waals surface area contributed by atoms with Crippen LogP contribution in [0.15, 0.2) is 52.6 Å². The van der Waals surface area contributed by atoms with Gasteiger partial charge < -0.3 is 15.7 Å². The molecule has 0 aliphatic carbocycles. The van der Waals surface area contributed by atoms with Gasteiger partial charge in [-0.05, 0) is 50.6 Å². The van der Waals surface area contributed by atoms with Crippen molar-refractivity contribution in [3.05, 3.63) is 75.7 Å². The predicted octanol–water partition coefficient (Wildman–Crippen LogP) is 4.74. The summed E-state index contributed by atoms with van der Waals surface area (Å²) in [5, 5.41) is 22.1. The number of aromatic hydroxyl groups is 1. The van der Waals surface area contributed by atoms with E-state index in [9.17, 15) is 9.90 Å². The van der Waals surface area contributed by atoms with E-state index in [2.05, 4.69) is 30.7 Å². The zero-order valence-corrected chi connectivity index (χ0v) is 20.8. The van der Waals surface area contributed by atoms with Crippen LogP contribution in [-0.2, 0) is 20.0 Å². The summed E-state index contributed by atoms with van der Waals surface area (Å²) < 4.78 is 1.81. The fraction of sp³-hybridized carbons (Fsp3) is 0.192. The van der Waals surface area contributed by atoms with Gasteiger partial charge in [0.15, 0.2) is 0 Å². The largest absolute Gasteiger partial charge is 0.508 e. The molecule has 36 heavy (non-hydrogen) atoms. The number of hydrogen-bond acceptors (Lipinski definition) is 7. The molecule has 9 nitrogen and oxygen atoms in total. The Labute approximate surface area is 212 Å². The molecule has 182 valence electrons. The van der Waals surface area contributed by atoms with E-state index < -0.39 is 0 Å². The molecule has 2 aromatic heterocycles. The number of aliphatic imine (C=N–C) groups is 1. The smallest absolute Gasteiger partial charge is 0.251 e. The molecule has 2 aromatic carbocycles. The van der Waals surface area contributed by atoms with Gasteiger partial charge in [-0.1, -0.05) is 17.7 Å². The van der Waals surface area contributed by atoms with Gasteiger partial charge in [-0.2, -0.15) is 5.10 Å². The van der Waals surface area contributed by atoms with Crippen molar-refractivity contribution in [1.82, 2.24) is 25.1 Å². The Morgan fingerprint density at radius 2 is 2.00 bits per heavy atom. The summed E-state index contributed by atoms with van der Waals surface area (Å²) in [6, 6.07) is 8.69. The quantitative estimate of drug-likeness (QED) is 0.363. The standard InChI is InChI=1S/C26H24ClN7O2/c1-14-21(15(2)34(3)33-14)13-29-25(36)16-4-7-19(8-5-16)31-26-30-11-17-10-22(35)20-9-6-18(27)12-28-24(20)23(17)32-26/h4-8,10-12,35H,9,13H2,1-3H3,(H,29,36)(H,30,31,32). The third-order valence-corrected chi connectivity index (χ3v) is 6.49. The Balaban J connectivity index is 1.33. The number of benzene rings is 2. The topological polar surface area (TPSA) is 117 Å². The van der Waals surface area contributed by atoms with Crippen molar-refractivity contribution in [3.8, 4) is 5.75 Å². The Kier molecular flexibility index (Phi) is 6.15. The lowest BCUT2D eigenvalue weighted by molar-refractivity contribution is 0.0951. The van der Waals surface area contributed by atoms with Crippen LogP contribution in [0.5, 0.6) is 5.75 Å². The molecule has 0 fully saturated rings. The van der Waals surface area contributed by atoms with Crippen LogP contribution >= 0.6 is 11.6 Å². The molecular weight excluding hydrogens is 478 g/mol. The zero-order valence-electron chi connectivity index (χ0n) is 20.0. The number of allylic oxidation sites excluding steroid dienone is 2. The van der Waals surface area contributed by atoms with Crippen LogP contribution in [0, 0.1) is 13.8 Å². The molecule has 0 atom stereocenters. The lowest BCUT2D eigenvalue weighted by Crippen LogP contribution is -2.23. The SMILES string of the molecule is Cc1nn(C)c(C)c1CNC(=O)c1ccc(Nc2ncc3cc(O)c4c(c3n2)N=CC(Cl)=CC4)cc1. The van der Waals surface area contributed by atoms with Crippen LogP contribution in [0.25, 0.3) is 10.9 Å². The maximum Gasteiger partial charge on any atom is 0.251 e. The van der Waals surface area contributed by atoms with E-state index in [1.165, 1.54) is 0 Å². The molecule has 0 radical (unpaired) electrons. The van der Waals surface area contributed by atoms with Crippen LogP contribution in [0.1, 0.15) is 32.9 Å². The van der Waals surface area contributed by atoms with Crippen LogP contribution in [0.4, 0.5) is 17.3 Å². The molecule has 0 bridgehead atoms. The molecule has 1 aliphatic heterocycles. The molecule has 5 rings (SSSR count). The summed E-state index contributed by atoms with van der Waals surface area (Å²) in [6.07, 6.45) is 5.41. The molecule has 3 N–H and O–H groups in total. The van der Waals surface area contributed by atoms with E-state index in [1.54, 1.807) is 48.8 Å². The highest BCUT2D eigenvalue weighted by Crippen LogP contribution is 2.38. The molecule has 3 heterocycles. The average molecular weight is 502 g/mol. The number of rotatable bonds is 5. The van der Waals surface area contributed by atoms with Crippen LogP contribution in [0.3, 0.4) is 0 Å². The van der Waals surface area contributed by atoms with Crippen molar-refractivity contribution in [2.45, 2.75) is 26.8 Å². The summed E-state index contributed by atoms with van der Waals surface area (Å²) in [7, 11) is 1.89. The van der Waals surface area contributed by atoms with E-state index in [4.69, 9.17) is 11.6 Å². The first-order chi connectivity index (χ1) is 17.3. The van der Waals surface area contributed by atoms with Crippen molar-refractivity contribution in [2.75, 3.05) is 5.32 Å². The Bertz CT molecular complexity index is 1560. The van der Waals surface area contributed by atoms with E-state index in [1.807, 2.05) is 25.6 Å². The second kappa shape index (κ2) is 9.43. The normalized spacial score (nSPS) is 12.7. The monoisotopic (exact) mass is 501 g/mol. The second-order valence-electron chi connectivity index (χ2n) is 8.56. The third-order valence-electron chi connectivity index (χ3n) is 6.23. The number of anilines is 2. The number of hydrogen-bond donors (Lipinski definition) is 3. The van der Waals surface area contributed by atoms with Gasteiger partial charge in [-0.15, -0.1) is 0 Å². The third kappa shape index (κ3) is 4.52. The first-order valence-corrected chi connectivity index (χ1v) is 11.7. The van der Waals surface area contributed by atoms with Crippen molar-refractivity contribution in [3.63, 3.8) is 0 Å². The molecule has 0 unspecified atom stereocenters. The minimum atomic E-state index is -0.168. The fourth-order valence-corrected chi connectivity index (χ4v) is 4.27. The Morgan fingerprint density at radius 1 is 1.22 bits per heavy atom. The minimum Gasteiger partial charge on any atom is -0.508 e. The molecular formula is C26H24ClN7O2. The van der Waals surface area contributed by atoms with Gasteiger partial charge >= 0.3 is 0 Å². The summed E-state index contributed by atoms with van der Waals surface area (Å²) in [5.74, 6) is 0.330. The van der Waals surface area contributed by atoms with Gasteiger partial charge in [0.05, 0.1) is 16.4 Å². The molecule has 0 saturated heterocycles. The molecule has 1 amide bonds. The summed E-state index contributed by atoms with van der Waals surface area (Å²) >= 11 is 6.11. The Morgan fingerprint density at radius 3 is 2.72 bits per heavy atom. The second-order valence-corrected chi connectivity index (χ2v) is 9.00. The lowest BCUT2D eigenvalue weighted by Gasteiger charge is -2.11. The number of halogens is 1. The summed E-state index contributed by atoms with van der Waals surface area (Å²) in [4.78, 5) is 26.1. The fourth-order valence-electron chi connectivity index (χ4n) is 4.14. The number of nitrogens with one attached hydrogen (secondary N) is 2. The van der Waals surface area contributed by atoms with Gasteiger partial charge in [0.2, 0.25) is 5.95 Å². The highest BCUT2D eigenvalue weighted by atomic mass is 35.5. The van der Waals surface area contributed by atoms with Gasteiger partial charge in [-0.25, -0.2) is 9.97 Å². The number of aryl methyl sites for hydroxylation is 2. The number of carbonyl (C=O) groups is 1. The summed E-state index contributed by atoms with van der Waals surface area (Å²) in [5.41, 5.74) is 6.04. The molecule has 0 saturated carbocycles. The van der Waals surface area contributed by atoms with Crippen LogP contribution in [-0.4, -0.2) is 37.0 Å². The highest BCUT2D eigenvalue weighted by Gasteiger charge is 2.16. The number of phenolic OH excluding ortho intramolecular Hbond substituents is 1. The first kappa shape index (κ1) is 23.5. The molecule has 1 aliphatic rings. The maximum atomic E-state index is 12.6. The van der Waals surface area contributed by atoms with Crippen LogP contribution in [0.2, 0.25) is 0 Å². The zero-order chi connectivity index (χ0) is 25.4. The number of nitrogens with zero attached hydrogens (tertiary/aromatic N) is 5. The first-order valence-electron chi connectivity index (χ1n) is 11.4. The number of carbonyl (C=O) groups excluding carboxylic acids is 1. The van der Waals surface area contributed by atoms with Gasteiger partial charge in [0.25, 0.3) is 5.91 Å². The molecule has 4 aromatic rings. The number of aromatic nitrogens is 4. The average Bonchev–Trinajstić information content (AvgIpc) is 2.99. The predicted molar refractivity (Wildman–Crippen MR) is 141 cm³/mol. The van der Waals surface area contributed by atoms with E-state index in [0.717, 1.165) is 22.6 Å². The van der Waals surface area contributed by atoms with Gasteiger partial charge in [-0.3, -0.25) is 14.5 Å². The van der Waals surface area contributed by atoms with Gasteiger partial charge in [0, 0.05) is 59.5 Å². The lowest BCUT2D eigenvalue weighted by atomic mass is 10.1. The van der Waals surface area contributed by atoms with Crippen molar-refractivity contribution < 1.29 is 9.90 Å². The Hall–Kier alpha value is -4.24. The van der Waals surface area contributed by atoms with Crippen LogP contribution < -0.4 is 10.6 Å². The highest BCUT2D eigenvalue weighted by molar-refractivity contribution is 6.39. The maximum absolute atomic E-state index is 12.6.